The molecule has 1 aliphatic rings. The standard InChI is InChI=1S/C31H35Cl2N3O5S/c1-21-11-14-27(15-12-21)42(39,40)36(25-9-6-10-26(18-25)41-3)20-30(37)35(19-23-13-16-28(32)29(33)17-23)22(2)31(38)34-24-7-4-5-8-24/h6,9-18,22,24H,4-5,7-8,19-20H2,1-3H3,(H,34,38)/t22-/m0/s1. The quantitative estimate of drug-likeness (QED) is 0.281. The van der Waals surface area contributed by atoms with Crippen LogP contribution in [-0.4, -0.2) is 50.9 Å². The number of aryl methyl sites for hydroxylation is 1. The van der Waals surface area contributed by atoms with Crippen molar-refractivity contribution in [3.8, 4) is 5.75 Å². The maximum Gasteiger partial charge on any atom is 0.264 e. The third-order valence-electron chi connectivity index (χ3n) is 7.43. The van der Waals surface area contributed by atoms with Crippen LogP contribution >= 0.6 is 23.2 Å². The number of benzene rings is 3. The van der Waals surface area contributed by atoms with Crippen molar-refractivity contribution < 1.29 is 22.7 Å². The summed E-state index contributed by atoms with van der Waals surface area (Å²) in [7, 11) is -2.70. The van der Waals surface area contributed by atoms with Crippen molar-refractivity contribution in [3.63, 3.8) is 0 Å². The number of nitrogens with one attached hydrogen (secondary N) is 1. The van der Waals surface area contributed by atoms with Crippen molar-refractivity contribution in [3.05, 3.63) is 87.9 Å². The van der Waals surface area contributed by atoms with Crippen LogP contribution in [0, 0.1) is 6.92 Å². The van der Waals surface area contributed by atoms with Crippen LogP contribution < -0.4 is 14.4 Å². The monoisotopic (exact) mass is 631 g/mol. The lowest BCUT2D eigenvalue weighted by Gasteiger charge is -2.32. The number of halogens is 2. The van der Waals surface area contributed by atoms with Gasteiger partial charge in [0.15, 0.2) is 0 Å². The zero-order chi connectivity index (χ0) is 30.4. The Morgan fingerprint density at radius 2 is 1.69 bits per heavy atom. The van der Waals surface area contributed by atoms with Gasteiger partial charge in [-0.2, -0.15) is 0 Å². The molecule has 0 spiro atoms. The molecule has 8 nitrogen and oxygen atoms in total. The molecule has 3 aromatic carbocycles. The van der Waals surface area contributed by atoms with E-state index in [1.54, 1.807) is 61.5 Å². The highest BCUT2D eigenvalue weighted by Gasteiger charge is 2.33. The number of anilines is 1. The maximum absolute atomic E-state index is 14.1. The number of rotatable bonds is 11. The summed E-state index contributed by atoms with van der Waals surface area (Å²) in [5, 5.41) is 3.72. The molecule has 0 aromatic heterocycles. The lowest BCUT2D eigenvalue weighted by molar-refractivity contribution is -0.139. The number of methoxy groups -OCH3 is 1. The molecule has 0 aliphatic heterocycles. The van der Waals surface area contributed by atoms with E-state index in [-0.39, 0.29) is 29.1 Å². The fourth-order valence-electron chi connectivity index (χ4n) is 4.94. The SMILES string of the molecule is COc1cccc(N(CC(=O)N(Cc2ccc(Cl)c(Cl)c2)[C@@H](C)C(=O)NC2CCCC2)S(=O)(=O)c2ccc(C)cc2)c1. The Kier molecular flexibility index (Phi) is 10.4. The van der Waals surface area contributed by atoms with E-state index >= 15 is 0 Å². The molecular weight excluding hydrogens is 597 g/mol. The fraction of sp³-hybridized carbons (Fsp3) is 0.355. The highest BCUT2D eigenvalue weighted by Crippen LogP contribution is 2.29. The molecule has 1 fully saturated rings. The first kappa shape index (κ1) is 31.7. The number of nitrogens with zero attached hydrogens (tertiary/aromatic N) is 2. The number of amides is 2. The van der Waals surface area contributed by atoms with Gasteiger partial charge >= 0.3 is 0 Å². The molecule has 0 saturated heterocycles. The summed E-state index contributed by atoms with van der Waals surface area (Å²) in [6.45, 7) is 2.97. The van der Waals surface area contributed by atoms with Crippen LogP contribution in [0.5, 0.6) is 5.75 Å². The first-order valence-corrected chi connectivity index (χ1v) is 16.0. The van der Waals surface area contributed by atoms with E-state index in [1.165, 1.54) is 24.1 Å². The lowest BCUT2D eigenvalue weighted by atomic mass is 10.1. The molecule has 1 atom stereocenters. The van der Waals surface area contributed by atoms with Crippen LogP contribution in [0.3, 0.4) is 0 Å². The average molecular weight is 633 g/mol. The Balaban J connectivity index is 1.71. The van der Waals surface area contributed by atoms with Crippen molar-refractivity contribution in [1.29, 1.82) is 0 Å². The van der Waals surface area contributed by atoms with Crippen LogP contribution in [0.1, 0.15) is 43.7 Å². The highest BCUT2D eigenvalue weighted by atomic mass is 35.5. The molecule has 0 heterocycles. The average Bonchev–Trinajstić information content (AvgIpc) is 3.49. The van der Waals surface area contributed by atoms with Crippen LogP contribution in [0.2, 0.25) is 10.0 Å². The summed E-state index contributed by atoms with van der Waals surface area (Å²) < 4.78 is 34.3. The summed E-state index contributed by atoms with van der Waals surface area (Å²) in [5.41, 5.74) is 1.79. The second-order valence-corrected chi connectivity index (χ2v) is 13.1. The summed E-state index contributed by atoms with van der Waals surface area (Å²) in [6.07, 6.45) is 3.85. The van der Waals surface area contributed by atoms with Gasteiger partial charge in [0.05, 0.1) is 27.7 Å². The van der Waals surface area contributed by atoms with E-state index in [1.807, 2.05) is 6.92 Å². The van der Waals surface area contributed by atoms with E-state index in [9.17, 15) is 18.0 Å². The first-order chi connectivity index (χ1) is 20.0. The molecular formula is C31H35Cl2N3O5S. The van der Waals surface area contributed by atoms with Crippen LogP contribution in [0.25, 0.3) is 0 Å². The molecule has 3 aromatic rings. The minimum Gasteiger partial charge on any atom is -0.497 e. The van der Waals surface area contributed by atoms with Gasteiger partial charge in [0.2, 0.25) is 11.8 Å². The third-order valence-corrected chi connectivity index (χ3v) is 9.96. The van der Waals surface area contributed by atoms with E-state index in [2.05, 4.69) is 5.32 Å². The van der Waals surface area contributed by atoms with E-state index in [0.29, 0.717) is 21.4 Å². The van der Waals surface area contributed by atoms with Gasteiger partial charge < -0.3 is 15.0 Å². The highest BCUT2D eigenvalue weighted by molar-refractivity contribution is 7.92. The van der Waals surface area contributed by atoms with Crippen LogP contribution in [-0.2, 0) is 26.2 Å². The van der Waals surface area contributed by atoms with Gasteiger partial charge in [-0.1, -0.05) is 65.9 Å². The molecule has 1 saturated carbocycles. The van der Waals surface area contributed by atoms with Gasteiger partial charge in [-0.25, -0.2) is 8.42 Å². The van der Waals surface area contributed by atoms with E-state index < -0.39 is 28.5 Å². The van der Waals surface area contributed by atoms with Gasteiger partial charge in [0.1, 0.15) is 18.3 Å². The summed E-state index contributed by atoms with van der Waals surface area (Å²) in [5.74, 6) is -0.431. The molecule has 4 rings (SSSR count). The number of hydrogen-bond donors (Lipinski definition) is 1. The smallest absolute Gasteiger partial charge is 0.264 e. The lowest BCUT2D eigenvalue weighted by Crippen LogP contribution is -2.52. The molecule has 1 N–H and O–H groups in total. The van der Waals surface area contributed by atoms with Crippen molar-refractivity contribution in [2.75, 3.05) is 18.0 Å². The van der Waals surface area contributed by atoms with Gasteiger partial charge in [0.25, 0.3) is 10.0 Å². The maximum atomic E-state index is 14.1. The largest absolute Gasteiger partial charge is 0.497 e. The number of hydrogen-bond acceptors (Lipinski definition) is 5. The number of carbonyl (C=O) groups excluding carboxylic acids is 2. The summed E-state index contributed by atoms with van der Waals surface area (Å²) in [6, 6.07) is 17.0. The molecule has 11 heteroatoms. The zero-order valence-corrected chi connectivity index (χ0v) is 26.2. The second kappa shape index (κ2) is 13.8. The zero-order valence-electron chi connectivity index (χ0n) is 23.8. The summed E-state index contributed by atoms with van der Waals surface area (Å²) >= 11 is 12.4. The molecule has 42 heavy (non-hydrogen) atoms. The second-order valence-electron chi connectivity index (χ2n) is 10.5. The fourth-order valence-corrected chi connectivity index (χ4v) is 6.67. The van der Waals surface area contributed by atoms with Gasteiger partial charge in [-0.05, 0) is 68.7 Å². The van der Waals surface area contributed by atoms with Gasteiger partial charge in [-0.3, -0.25) is 13.9 Å². The molecule has 0 bridgehead atoms. The van der Waals surface area contributed by atoms with Crippen molar-refractivity contribution in [2.24, 2.45) is 0 Å². The minimum absolute atomic E-state index is 0.0194. The molecule has 1 aliphatic carbocycles. The minimum atomic E-state index is -4.18. The number of sulfonamides is 1. The Hall–Kier alpha value is -3.27. The first-order valence-electron chi connectivity index (χ1n) is 13.8. The summed E-state index contributed by atoms with van der Waals surface area (Å²) in [4.78, 5) is 28.9. The van der Waals surface area contributed by atoms with E-state index in [0.717, 1.165) is 35.6 Å². The molecule has 0 unspecified atom stereocenters. The predicted molar refractivity (Wildman–Crippen MR) is 166 cm³/mol. The van der Waals surface area contributed by atoms with Crippen molar-refractivity contribution in [1.82, 2.24) is 10.2 Å². The number of ether oxygens (including phenoxy) is 1. The van der Waals surface area contributed by atoms with Gasteiger partial charge in [-0.15, -0.1) is 0 Å². The number of carbonyl (C=O) groups is 2. The Bertz CT molecular complexity index is 1530. The Morgan fingerprint density at radius 3 is 2.33 bits per heavy atom. The van der Waals surface area contributed by atoms with E-state index in [4.69, 9.17) is 27.9 Å². The van der Waals surface area contributed by atoms with Crippen molar-refractivity contribution >= 4 is 50.7 Å². The third kappa shape index (κ3) is 7.56. The topological polar surface area (TPSA) is 96.0 Å². The van der Waals surface area contributed by atoms with Gasteiger partial charge in [0, 0.05) is 18.7 Å². The van der Waals surface area contributed by atoms with Crippen molar-refractivity contribution in [2.45, 2.75) is 63.1 Å². The molecule has 224 valence electrons. The molecule has 0 radical (unpaired) electrons. The Morgan fingerprint density at radius 1 is 1.00 bits per heavy atom. The molecule has 2 amide bonds. The normalized spacial score (nSPS) is 14.3. The van der Waals surface area contributed by atoms with Crippen LogP contribution in [0.15, 0.2) is 71.6 Å². The Labute approximate surface area is 257 Å². The van der Waals surface area contributed by atoms with Crippen LogP contribution in [0.4, 0.5) is 5.69 Å². The predicted octanol–water partition coefficient (Wildman–Crippen LogP) is 5.98.